The predicted octanol–water partition coefficient (Wildman–Crippen LogP) is 9.39. The van der Waals surface area contributed by atoms with Crippen molar-refractivity contribution in [2.45, 2.75) is 113 Å². The molecule has 0 radical (unpaired) electrons. The van der Waals surface area contributed by atoms with Crippen LogP contribution < -0.4 is 9.47 Å². The van der Waals surface area contributed by atoms with Gasteiger partial charge in [-0.05, 0) is 73.9 Å². The Balaban J connectivity index is 2.47. The summed E-state index contributed by atoms with van der Waals surface area (Å²) in [6.45, 7) is 20.6. The summed E-state index contributed by atoms with van der Waals surface area (Å²) in [5, 5.41) is -0.368. The molecule has 4 nitrogen and oxygen atoms in total. The summed E-state index contributed by atoms with van der Waals surface area (Å²) in [6, 6.07) is 8.17. The maximum absolute atomic E-state index is 12.7. The van der Waals surface area contributed by atoms with Crippen molar-refractivity contribution in [3.8, 4) is 11.5 Å². The van der Waals surface area contributed by atoms with Crippen LogP contribution in [-0.4, -0.2) is 22.4 Å². The molecule has 0 saturated carbocycles. The van der Waals surface area contributed by atoms with Crippen LogP contribution in [0.1, 0.15) is 90.5 Å². The normalized spacial score (nSPS) is 14.0. The van der Waals surface area contributed by atoms with Crippen molar-refractivity contribution in [1.82, 2.24) is 0 Å². The Morgan fingerprint density at radius 2 is 1.07 bits per heavy atom. The number of carbonyl (C=O) groups is 2. The van der Waals surface area contributed by atoms with E-state index in [4.69, 9.17) is 9.47 Å². The van der Waals surface area contributed by atoms with Gasteiger partial charge in [-0.15, -0.1) is 0 Å². The molecule has 0 amide bonds. The molecule has 0 saturated heterocycles. The zero-order valence-corrected chi connectivity index (χ0v) is 28.7. The maximum atomic E-state index is 12.7. The molecule has 2 rings (SSSR count). The SMILES string of the molecule is CC=CC(S)CC(=O)Oc1cc(C)c(Sc2cc(C(C)(C)C)c(OC(=O)CC(S)C=CC)cc2C)cc1C(C)(C)C. The number of aryl methyl sites for hydroxylation is 2. The van der Waals surface area contributed by atoms with Crippen molar-refractivity contribution >= 4 is 49.0 Å². The van der Waals surface area contributed by atoms with Crippen LogP contribution in [0.2, 0.25) is 0 Å². The van der Waals surface area contributed by atoms with Gasteiger partial charge >= 0.3 is 11.9 Å². The lowest BCUT2D eigenvalue weighted by Crippen LogP contribution is -2.19. The zero-order valence-electron chi connectivity index (χ0n) is 26.1. The second kappa shape index (κ2) is 14.9. The number of hydrogen-bond acceptors (Lipinski definition) is 7. The number of allylic oxidation sites excluding steroid dienone is 2. The van der Waals surface area contributed by atoms with Gasteiger partial charge in [-0.3, -0.25) is 9.59 Å². The van der Waals surface area contributed by atoms with Crippen LogP contribution in [0.15, 0.2) is 58.4 Å². The number of thiol groups is 2. The fourth-order valence-electron chi connectivity index (χ4n) is 4.25. The van der Waals surface area contributed by atoms with E-state index in [1.165, 1.54) is 0 Å². The first-order valence-electron chi connectivity index (χ1n) is 14.0. The minimum absolute atomic E-state index is 0.184. The molecule has 0 aliphatic rings. The molecule has 41 heavy (non-hydrogen) atoms. The van der Waals surface area contributed by atoms with Gasteiger partial charge in [0.2, 0.25) is 0 Å². The predicted molar refractivity (Wildman–Crippen MR) is 180 cm³/mol. The molecule has 0 fully saturated rings. The molecule has 0 aliphatic carbocycles. The van der Waals surface area contributed by atoms with Crippen molar-refractivity contribution in [3.05, 3.63) is 70.8 Å². The Bertz CT molecular complexity index is 1200. The Kier molecular flexibility index (Phi) is 12.7. The number of esters is 2. The highest BCUT2D eigenvalue weighted by atomic mass is 32.2. The van der Waals surface area contributed by atoms with E-state index in [1.807, 2.05) is 64.1 Å². The summed E-state index contributed by atoms with van der Waals surface area (Å²) in [5.41, 5.74) is 3.45. The monoisotopic (exact) mass is 614 g/mol. The van der Waals surface area contributed by atoms with Crippen LogP contribution in [0.25, 0.3) is 0 Å². The molecule has 2 aromatic rings. The highest BCUT2D eigenvalue weighted by molar-refractivity contribution is 7.99. The number of hydrogen-bond donors (Lipinski definition) is 2. The van der Waals surface area contributed by atoms with E-state index >= 15 is 0 Å². The molecule has 0 bridgehead atoms. The Hall–Kier alpha value is -2.09. The van der Waals surface area contributed by atoms with E-state index in [0.29, 0.717) is 11.5 Å². The average Bonchev–Trinajstić information content (AvgIpc) is 2.80. The van der Waals surface area contributed by atoms with Crippen LogP contribution in [-0.2, 0) is 20.4 Å². The summed E-state index contributed by atoms with van der Waals surface area (Å²) >= 11 is 10.6. The number of carbonyl (C=O) groups excluding carboxylic acids is 2. The van der Waals surface area contributed by atoms with Crippen molar-refractivity contribution in [3.63, 3.8) is 0 Å². The lowest BCUT2D eigenvalue weighted by atomic mass is 9.85. The van der Waals surface area contributed by atoms with Gasteiger partial charge in [0.25, 0.3) is 0 Å². The molecule has 2 aromatic carbocycles. The fraction of sp³-hybridized carbons (Fsp3) is 0.471. The smallest absolute Gasteiger partial charge is 0.312 e. The topological polar surface area (TPSA) is 52.6 Å². The van der Waals surface area contributed by atoms with Crippen LogP contribution in [0.3, 0.4) is 0 Å². The first-order chi connectivity index (χ1) is 19.0. The minimum atomic E-state index is -0.306. The van der Waals surface area contributed by atoms with Crippen LogP contribution >= 0.6 is 37.0 Å². The van der Waals surface area contributed by atoms with Gasteiger partial charge in [0.05, 0.1) is 12.8 Å². The standard InChI is InChI=1S/C34H46O4S3/c1-11-13-23(39)17-31(35)37-27-15-21(3)29(19-25(27)33(5,6)7)41-30-20-26(34(8,9)10)28(16-22(30)4)38-32(36)18-24(40)14-12-2/h11-16,19-20,23-24,39-40H,17-18H2,1-10H3. The second-order valence-electron chi connectivity index (χ2n) is 12.4. The molecule has 7 heteroatoms. The van der Waals surface area contributed by atoms with Crippen LogP contribution in [0.5, 0.6) is 11.5 Å². The average molecular weight is 615 g/mol. The van der Waals surface area contributed by atoms with Gasteiger partial charge in [0.15, 0.2) is 0 Å². The Labute approximate surface area is 262 Å². The van der Waals surface area contributed by atoms with Crippen LogP contribution in [0.4, 0.5) is 0 Å². The molecule has 0 heterocycles. The Morgan fingerprint density at radius 3 is 1.37 bits per heavy atom. The van der Waals surface area contributed by atoms with Gasteiger partial charge in [-0.2, -0.15) is 25.3 Å². The van der Waals surface area contributed by atoms with Crippen molar-refractivity contribution in [1.29, 1.82) is 0 Å². The second-order valence-corrected chi connectivity index (χ2v) is 14.8. The lowest BCUT2D eigenvalue weighted by Gasteiger charge is -2.26. The highest BCUT2D eigenvalue weighted by Gasteiger charge is 2.26. The van der Waals surface area contributed by atoms with E-state index in [0.717, 1.165) is 32.0 Å². The van der Waals surface area contributed by atoms with Gasteiger partial charge < -0.3 is 9.47 Å². The first-order valence-corrected chi connectivity index (χ1v) is 15.8. The van der Waals surface area contributed by atoms with Crippen molar-refractivity contribution < 1.29 is 19.1 Å². The highest BCUT2D eigenvalue weighted by Crippen LogP contribution is 2.43. The minimum Gasteiger partial charge on any atom is -0.426 e. The summed E-state index contributed by atoms with van der Waals surface area (Å²) in [5.74, 6) is 0.554. The molecule has 0 N–H and O–H groups in total. The van der Waals surface area contributed by atoms with Gasteiger partial charge in [0.1, 0.15) is 11.5 Å². The number of ether oxygens (including phenoxy) is 2. The van der Waals surface area contributed by atoms with Gasteiger partial charge in [-0.1, -0.05) is 77.6 Å². The lowest BCUT2D eigenvalue weighted by molar-refractivity contribution is -0.135. The quantitative estimate of drug-likeness (QED) is 0.121. The van der Waals surface area contributed by atoms with Crippen molar-refractivity contribution in [2.24, 2.45) is 0 Å². The maximum Gasteiger partial charge on any atom is 0.312 e. The van der Waals surface area contributed by atoms with E-state index < -0.39 is 0 Å². The number of benzene rings is 2. The van der Waals surface area contributed by atoms with E-state index in [2.05, 4.69) is 78.9 Å². The zero-order chi connectivity index (χ0) is 31.1. The Morgan fingerprint density at radius 1 is 0.732 bits per heavy atom. The third-order valence-electron chi connectivity index (χ3n) is 6.42. The summed E-state index contributed by atoms with van der Waals surface area (Å²) in [6.07, 6.45) is 7.91. The molecule has 0 spiro atoms. The summed E-state index contributed by atoms with van der Waals surface area (Å²) in [4.78, 5) is 27.5. The largest absolute Gasteiger partial charge is 0.426 e. The van der Waals surface area contributed by atoms with E-state index in [-0.39, 0.29) is 46.1 Å². The summed E-state index contributed by atoms with van der Waals surface area (Å²) < 4.78 is 11.7. The van der Waals surface area contributed by atoms with Gasteiger partial charge in [-0.25, -0.2) is 0 Å². The van der Waals surface area contributed by atoms with E-state index in [9.17, 15) is 9.59 Å². The molecule has 0 aromatic heterocycles. The first kappa shape index (κ1) is 35.1. The third kappa shape index (κ3) is 10.6. The molecule has 2 unspecified atom stereocenters. The fourth-order valence-corrected chi connectivity index (χ4v) is 5.93. The molecule has 224 valence electrons. The molecular weight excluding hydrogens is 569 g/mol. The van der Waals surface area contributed by atoms with Crippen molar-refractivity contribution in [2.75, 3.05) is 0 Å². The summed E-state index contributed by atoms with van der Waals surface area (Å²) in [7, 11) is 0. The molecule has 2 atom stereocenters. The molecule has 0 aliphatic heterocycles. The third-order valence-corrected chi connectivity index (χ3v) is 8.45. The van der Waals surface area contributed by atoms with Gasteiger partial charge in [0, 0.05) is 31.4 Å². The van der Waals surface area contributed by atoms with Crippen LogP contribution in [0, 0.1) is 13.8 Å². The van der Waals surface area contributed by atoms with E-state index in [1.54, 1.807) is 11.8 Å². The number of rotatable bonds is 10. The molecular formula is C34H46O4S3.